The Morgan fingerprint density at radius 3 is 2.93 bits per heavy atom. The Morgan fingerprint density at radius 2 is 2.33 bits per heavy atom. The van der Waals surface area contributed by atoms with Crippen LogP contribution in [0.15, 0.2) is 0 Å². The molecule has 0 aromatic heterocycles. The first kappa shape index (κ1) is 12.5. The van der Waals surface area contributed by atoms with Crippen molar-refractivity contribution in [3.05, 3.63) is 0 Å². The summed E-state index contributed by atoms with van der Waals surface area (Å²) >= 11 is 0. The average molecular weight is 215 g/mol. The summed E-state index contributed by atoms with van der Waals surface area (Å²) in [5, 5.41) is 0. The smallest absolute Gasteiger partial charge is 0.320 e. The number of ether oxygens (including phenoxy) is 2. The van der Waals surface area contributed by atoms with Crippen molar-refractivity contribution in [2.45, 2.75) is 33.2 Å². The van der Waals surface area contributed by atoms with Gasteiger partial charge in [-0.05, 0) is 19.3 Å². The van der Waals surface area contributed by atoms with Gasteiger partial charge in [0.2, 0.25) is 0 Å². The minimum atomic E-state index is -0.156. The molecule has 4 heteroatoms. The summed E-state index contributed by atoms with van der Waals surface area (Å²) in [6.07, 6.45) is 1.07. The van der Waals surface area contributed by atoms with Crippen molar-refractivity contribution in [3.63, 3.8) is 0 Å². The number of carbonyl (C=O) groups is 1. The van der Waals surface area contributed by atoms with E-state index in [1.54, 1.807) is 0 Å². The van der Waals surface area contributed by atoms with Gasteiger partial charge < -0.3 is 9.47 Å². The second kappa shape index (κ2) is 6.08. The number of hydrogen-bond donors (Lipinski definition) is 0. The van der Waals surface area contributed by atoms with Gasteiger partial charge in [-0.2, -0.15) is 0 Å². The summed E-state index contributed by atoms with van der Waals surface area (Å²) in [5.74, 6) is 0.471. The van der Waals surface area contributed by atoms with E-state index in [0.717, 1.165) is 13.0 Å². The van der Waals surface area contributed by atoms with Gasteiger partial charge in [0.05, 0.1) is 26.5 Å². The lowest BCUT2D eigenvalue weighted by molar-refractivity contribution is -0.145. The molecule has 0 radical (unpaired) electrons. The molecule has 1 aliphatic rings. The fourth-order valence-electron chi connectivity index (χ4n) is 1.83. The highest BCUT2D eigenvalue weighted by Crippen LogP contribution is 2.17. The van der Waals surface area contributed by atoms with Gasteiger partial charge in [0, 0.05) is 6.04 Å². The van der Waals surface area contributed by atoms with E-state index in [0.29, 0.717) is 31.8 Å². The lowest BCUT2D eigenvalue weighted by Gasteiger charge is -2.22. The van der Waals surface area contributed by atoms with Crippen LogP contribution >= 0.6 is 0 Å². The highest BCUT2D eigenvalue weighted by atomic mass is 16.5. The molecule has 0 saturated carbocycles. The molecule has 15 heavy (non-hydrogen) atoms. The molecule has 0 amide bonds. The Morgan fingerprint density at radius 1 is 1.60 bits per heavy atom. The third-order valence-electron chi connectivity index (χ3n) is 2.46. The second-order valence-electron chi connectivity index (χ2n) is 4.34. The number of hydrogen-bond acceptors (Lipinski definition) is 4. The Bertz CT molecular complexity index is 206. The Balaban J connectivity index is 2.35. The Kier molecular flexibility index (Phi) is 5.05. The number of nitrogens with zero attached hydrogens (tertiary/aromatic N) is 1. The van der Waals surface area contributed by atoms with Crippen molar-refractivity contribution in [1.29, 1.82) is 0 Å². The summed E-state index contributed by atoms with van der Waals surface area (Å²) in [4.78, 5) is 13.4. The molecular formula is C11H21NO3. The van der Waals surface area contributed by atoms with Crippen molar-refractivity contribution in [2.24, 2.45) is 5.92 Å². The monoisotopic (exact) mass is 215 g/mol. The van der Waals surface area contributed by atoms with Crippen LogP contribution in [-0.2, 0) is 14.3 Å². The second-order valence-corrected chi connectivity index (χ2v) is 4.34. The van der Waals surface area contributed by atoms with Crippen LogP contribution in [-0.4, -0.2) is 43.4 Å². The highest BCUT2D eigenvalue weighted by molar-refractivity contribution is 5.71. The van der Waals surface area contributed by atoms with Crippen LogP contribution < -0.4 is 0 Å². The quantitative estimate of drug-likeness (QED) is 0.647. The fraction of sp³-hybridized carbons (Fsp3) is 0.909. The molecule has 0 aliphatic carbocycles. The number of esters is 1. The molecular weight excluding hydrogens is 194 g/mol. The third-order valence-corrected chi connectivity index (χ3v) is 2.46. The minimum absolute atomic E-state index is 0.156. The zero-order valence-electron chi connectivity index (χ0n) is 9.86. The van der Waals surface area contributed by atoms with Gasteiger partial charge >= 0.3 is 5.97 Å². The van der Waals surface area contributed by atoms with E-state index in [2.05, 4.69) is 18.7 Å². The maximum atomic E-state index is 11.3. The van der Waals surface area contributed by atoms with Crippen LogP contribution in [0.25, 0.3) is 0 Å². The predicted molar refractivity (Wildman–Crippen MR) is 57.4 cm³/mol. The van der Waals surface area contributed by atoms with E-state index >= 15 is 0 Å². The Hall–Kier alpha value is -0.610. The van der Waals surface area contributed by atoms with E-state index in [9.17, 15) is 4.79 Å². The number of carbonyl (C=O) groups excluding carboxylic acids is 1. The molecule has 1 fully saturated rings. The molecule has 1 saturated heterocycles. The summed E-state index contributed by atoms with van der Waals surface area (Å²) in [6, 6.07) is 0.370. The Labute approximate surface area is 91.5 Å². The van der Waals surface area contributed by atoms with E-state index in [1.165, 1.54) is 0 Å². The summed E-state index contributed by atoms with van der Waals surface area (Å²) < 4.78 is 10.3. The SMILES string of the molecule is CCOC(=O)CN1COC[C@H]1CC(C)C. The molecule has 1 heterocycles. The normalized spacial score (nSPS) is 22.3. The minimum Gasteiger partial charge on any atom is -0.465 e. The van der Waals surface area contributed by atoms with Crippen molar-refractivity contribution >= 4 is 5.97 Å². The summed E-state index contributed by atoms with van der Waals surface area (Å²) in [5.41, 5.74) is 0. The molecule has 4 nitrogen and oxygen atoms in total. The summed E-state index contributed by atoms with van der Waals surface area (Å²) in [6.45, 7) is 8.27. The molecule has 0 aromatic rings. The van der Waals surface area contributed by atoms with Crippen LogP contribution in [0.2, 0.25) is 0 Å². The zero-order valence-corrected chi connectivity index (χ0v) is 9.86. The third kappa shape index (κ3) is 4.18. The molecule has 88 valence electrons. The first-order chi connectivity index (χ1) is 7.13. The van der Waals surface area contributed by atoms with Gasteiger partial charge in [-0.1, -0.05) is 13.8 Å². The molecule has 0 unspecified atom stereocenters. The average Bonchev–Trinajstić information content (AvgIpc) is 2.52. The van der Waals surface area contributed by atoms with Crippen molar-refractivity contribution < 1.29 is 14.3 Å². The van der Waals surface area contributed by atoms with Crippen molar-refractivity contribution in [3.8, 4) is 0 Å². The first-order valence-electron chi connectivity index (χ1n) is 5.61. The standard InChI is InChI=1S/C11H21NO3/c1-4-15-11(13)6-12-8-14-7-10(12)5-9(2)3/h9-10H,4-8H2,1-3H3/t10-/m1/s1. The van der Waals surface area contributed by atoms with E-state index < -0.39 is 0 Å². The van der Waals surface area contributed by atoms with E-state index in [1.807, 2.05) is 6.92 Å². The van der Waals surface area contributed by atoms with Gasteiger partial charge in [-0.15, -0.1) is 0 Å². The fourth-order valence-corrected chi connectivity index (χ4v) is 1.83. The van der Waals surface area contributed by atoms with Gasteiger partial charge in [0.15, 0.2) is 0 Å². The molecule has 1 aliphatic heterocycles. The molecule has 0 spiro atoms. The van der Waals surface area contributed by atoms with Crippen LogP contribution in [0.3, 0.4) is 0 Å². The van der Waals surface area contributed by atoms with E-state index in [-0.39, 0.29) is 5.97 Å². The molecule has 0 N–H and O–H groups in total. The summed E-state index contributed by atoms with van der Waals surface area (Å²) in [7, 11) is 0. The van der Waals surface area contributed by atoms with Gasteiger partial charge in [-0.3, -0.25) is 9.69 Å². The maximum absolute atomic E-state index is 11.3. The lowest BCUT2D eigenvalue weighted by Crippen LogP contribution is -2.36. The maximum Gasteiger partial charge on any atom is 0.320 e. The van der Waals surface area contributed by atoms with Crippen LogP contribution in [0, 0.1) is 5.92 Å². The molecule has 1 rings (SSSR count). The molecule has 0 bridgehead atoms. The van der Waals surface area contributed by atoms with Crippen LogP contribution in [0.4, 0.5) is 0 Å². The first-order valence-corrected chi connectivity index (χ1v) is 5.61. The van der Waals surface area contributed by atoms with Gasteiger partial charge in [0.25, 0.3) is 0 Å². The highest BCUT2D eigenvalue weighted by Gasteiger charge is 2.27. The molecule has 0 aromatic carbocycles. The predicted octanol–water partition coefficient (Wildman–Crippen LogP) is 1.25. The van der Waals surface area contributed by atoms with Gasteiger partial charge in [-0.25, -0.2) is 0 Å². The topological polar surface area (TPSA) is 38.8 Å². The largest absolute Gasteiger partial charge is 0.465 e. The zero-order chi connectivity index (χ0) is 11.3. The lowest BCUT2D eigenvalue weighted by atomic mass is 10.0. The van der Waals surface area contributed by atoms with Crippen LogP contribution in [0.5, 0.6) is 0 Å². The van der Waals surface area contributed by atoms with E-state index in [4.69, 9.17) is 9.47 Å². The molecule has 1 atom stereocenters. The van der Waals surface area contributed by atoms with Crippen LogP contribution in [0.1, 0.15) is 27.2 Å². The van der Waals surface area contributed by atoms with Crippen molar-refractivity contribution in [2.75, 3.05) is 26.5 Å². The number of rotatable bonds is 5. The van der Waals surface area contributed by atoms with Crippen molar-refractivity contribution in [1.82, 2.24) is 4.90 Å². The van der Waals surface area contributed by atoms with Gasteiger partial charge in [0.1, 0.15) is 0 Å².